The van der Waals surface area contributed by atoms with Crippen molar-refractivity contribution in [2.45, 2.75) is 46.3 Å². The average Bonchev–Trinajstić information content (AvgIpc) is 3.30. The zero-order valence-electron chi connectivity index (χ0n) is 19.8. The number of carbonyl (C=O) groups is 1. The molecule has 1 aromatic heterocycles. The molecule has 0 spiro atoms. The summed E-state index contributed by atoms with van der Waals surface area (Å²) in [5.41, 5.74) is 5.35. The fourth-order valence-corrected chi connectivity index (χ4v) is 4.56. The average molecular weight is 450 g/mol. The van der Waals surface area contributed by atoms with Gasteiger partial charge >= 0.3 is 0 Å². The Morgan fingerprint density at radius 3 is 2.55 bits per heavy atom. The molecule has 0 saturated heterocycles. The van der Waals surface area contributed by atoms with Crippen LogP contribution < -0.4 is 4.74 Å². The molecule has 33 heavy (non-hydrogen) atoms. The lowest BCUT2D eigenvalue weighted by molar-refractivity contribution is 0.0601. The van der Waals surface area contributed by atoms with Crippen LogP contribution in [0.15, 0.2) is 36.4 Å². The van der Waals surface area contributed by atoms with E-state index in [1.165, 1.54) is 0 Å². The molecule has 0 radical (unpaired) electrons. The molecule has 4 rings (SSSR count). The summed E-state index contributed by atoms with van der Waals surface area (Å²) in [6, 6.07) is 11.1. The molecule has 3 aromatic rings. The number of rotatable bonds is 8. The minimum Gasteiger partial charge on any atom is -0.507 e. The zero-order valence-corrected chi connectivity index (χ0v) is 19.8. The molecule has 0 fully saturated rings. The lowest BCUT2D eigenvalue weighted by Crippen LogP contribution is -2.31. The van der Waals surface area contributed by atoms with E-state index in [-0.39, 0.29) is 23.8 Å². The van der Waals surface area contributed by atoms with Crippen LogP contribution in [-0.4, -0.2) is 52.5 Å². The van der Waals surface area contributed by atoms with Crippen molar-refractivity contribution in [3.05, 3.63) is 64.3 Å². The number of phenolic OH excluding ortho intramolecular Hbond substituents is 1. The molecule has 2 aromatic carbocycles. The third-order valence-corrected chi connectivity index (χ3v) is 5.99. The summed E-state index contributed by atoms with van der Waals surface area (Å²) in [5, 5.41) is 18.2. The van der Waals surface area contributed by atoms with Crippen molar-refractivity contribution >= 4 is 5.91 Å². The lowest BCUT2D eigenvalue weighted by Gasteiger charge is -2.27. The fraction of sp³-hybridized carbons (Fsp3) is 0.385. The van der Waals surface area contributed by atoms with Crippen LogP contribution in [0.25, 0.3) is 11.3 Å². The van der Waals surface area contributed by atoms with E-state index in [4.69, 9.17) is 9.47 Å². The maximum absolute atomic E-state index is 13.4. The van der Waals surface area contributed by atoms with Crippen LogP contribution in [-0.2, 0) is 4.74 Å². The summed E-state index contributed by atoms with van der Waals surface area (Å²) in [4.78, 5) is 15.3. The predicted molar refractivity (Wildman–Crippen MR) is 127 cm³/mol. The Hall–Kier alpha value is -3.32. The second-order valence-corrected chi connectivity index (χ2v) is 8.78. The number of nitrogens with one attached hydrogen (secondary N) is 1. The first-order valence-electron chi connectivity index (χ1n) is 11.3. The van der Waals surface area contributed by atoms with Crippen LogP contribution in [0.4, 0.5) is 0 Å². The van der Waals surface area contributed by atoms with E-state index < -0.39 is 0 Å². The number of hydrogen-bond donors (Lipinski definition) is 2. The highest BCUT2D eigenvalue weighted by atomic mass is 16.5. The molecule has 2 heterocycles. The Labute approximate surface area is 194 Å². The van der Waals surface area contributed by atoms with Crippen LogP contribution in [0.5, 0.6) is 11.5 Å². The summed E-state index contributed by atoms with van der Waals surface area (Å²) in [6.07, 6.45) is 0.867. The number of nitrogens with zero attached hydrogens (tertiary/aromatic N) is 2. The van der Waals surface area contributed by atoms with Gasteiger partial charge in [0.25, 0.3) is 5.91 Å². The number of phenols is 1. The standard InChI is InChI=1S/C26H31N3O4/c1-15(2)33-12-6-11-29-25(18-7-9-19(32-5)10-8-18)22-23(27-28-24(22)26(29)31)21-17(4)13-16(3)14-20(21)30/h7-10,13-15,25,30H,6,11-12H2,1-5H3,(H,27,28). The van der Waals surface area contributed by atoms with Gasteiger partial charge < -0.3 is 19.5 Å². The molecular formula is C26H31N3O4. The minimum absolute atomic E-state index is 0.0987. The van der Waals surface area contributed by atoms with Crippen LogP contribution in [0.3, 0.4) is 0 Å². The van der Waals surface area contributed by atoms with Crippen molar-refractivity contribution in [1.82, 2.24) is 15.1 Å². The smallest absolute Gasteiger partial charge is 0.273 e. The van der Waals surface area contributed by atoms with E-state index in [2.05, 4.69) is 10.2 Å². The van der Waals surface area contributed by atoms with Gasteiger partial charge in [-0.2, -0.15) is 5.10 Å². The van der Waals surface area contributed by atoms with E-state index in [0.29, 0.717) is 30.1 Å². The Kier molecular flexibility index (Phi) is 6.42. The number of amides is 1. The number of H-pyrrole nitrogens is 1. The summed E-state index contributed by atoms with van der Waals surface area (Å²) in [7, 11) is 1.63. The van der Waals surface area contributed by atoms with E-state index >= 15 is 0 Å². The number of aromatic hydroxyl groups is 1. The van der Waals surface area contributed by atoms with Gasteiger partial charge in [0.15, 0.2) is 0 Å². The van der Waals surface area contributed by atoms with Gasteiger partial charge in [-0.05, 0) is 69.0 Å². The van der Waals surface area contributed by atoms with E-state index in [1.807, 2.05) is 62.9 Å². The summed E-state index contributed by atoms with van der Waals surface area (Å²) < 4.78 is 11.0. The summed E-state index contributed by atoms with van der Waals surface area (Å²) in [6.45, 7) is 9.01. The van der Waals surface area contributed by atoms with Gasteiger partial charge in [-0.15, -0.1) is 0 Å². The van der Waals surface area contributed by atoms with Gasteiger partial charge in [-0.25, -0.2) is 0 Å². The Morgan fingerprint density at radius 2 is 1.91 bits per heavy atom. The molecule has 7 nitrogen and oxygen atoms in total. The largest absolute Gasteiger partial charge is 0.507 e. The molecule has 1 aliphatic heterocycles. The van der Waals surface area contributed by atoms with Crippen LogP contribution in [0, 0.1) is 13.8 Å². The molecule has 7 heteroatoms. The molecule has 1 aliphatic rings. The highest BCUT2D eigenvalue weighted by Crippen LogP contribution is 2.45. The highest BCUT2D eigenvalue weighted by molar-refractivity contribution is 6.00. The van der Waals surface area contributed by atoms with Crippen molar-refractivity contribution < 1.29 is 19.4 Å². The molecular weight excluding hydrogens is 418 g/mol. The first-order valence-corrected chi connectivity index (χ1v) is 11.3. The topological polar surface area (TPSA) is 87.7 Å². The van der Waals surface area contributed by atoms with Crippen molar-refractivity contribution in [2.24, 2.45) is 0 Å². The van der Waals surface area contributed by atoms with Crippen molar-refractivity contribution in [3.8, 4) is 22.8 Å². The number of ether oxygens (including phenoxy) is 2. The first kappa shape index (κ1) is 22.9. The Bertz CT molecular complexity index is 1130. The number of hydrogen-bond acceptors (Lipinski definition) is 5. The Balaban J connectivity index is 1.79. The molecule has 174 valence electrons. The second-order valence-electron chi connectivity index (χ2n) is 8.78. The fourth-order valence-electron chi connectivity index (χ4n) is 4.56. The Morgan fingerprint density at radius 1 is 1.18 bits per heavy atom. The zero-order chi connectivity index (χ0) is 23.7. The monoisotopic (exact) mass is 449 g/mol. The van der Waals surface area contributed by atoms with Crippen LogP contribution >= 0.6 is 0 Å². The first-order chi connectivity index (χ1) is 15.8. The third-order valence-electron chi connectivity index (χ3n) is 5.99. The molecule has 1 atom stereocenters. The van der Waals surface area contributed by atoms with E-state index in [0.717, 1.165) is 34.4 Å². The van der Waals surface area contributed by atoms with Crippen LogP contribution in [0.1, 0.15) is 59.1 Å². The molecule has 0 bridgehead atoms. The van der Waals surface area contributed by atoms with Gasteiger partial charge in [-0.1, -0.05) is 18.2 Å². The summed E-state index contributed by atoms with van der Waals surface area (Å²) in [5.74, 6) is 0.810. The number of aromatic nitrogens is 2. The predicted octanol–water partition coefficient (Wildman–Crippen LogP) is 4.77. The van der Waals surface area contributed by atoms with Crippen molar-refractivity contribution in [1.29, 1.82) is 0 Å². The molecule has 2 N–H and O–H groups in total. The normalized spacial score (nSPS) is 15.4. The molecule has 0 aliphatic carbocycles. The van der Waals surface area contributed by atoms with Gasteiger partial charge in [0.05, 0.1) is 19.3 Å². The number of carbonyl (C=O) groups excluding carboxylic acids is 1. The second kappa shape index (κ2) is 9.27. The van der Waals surface area contributed by atoms with Gasteiger partial charge in [-0.3, -0.25) is 9.89 Å². The van der Waals surface area contributed by atoms with Crippen molar-refractivity contribution in [2.75, 3.05) is 20.3 Å². The van der Waals surface area contributed by atoms with E-state index in [9.17, 15) is 9.90 Å². The van der Waals surface area contributed by atoms with E-state index in [1.54, 1.807) is 13.2 Å². The highest BCUT2D eigenvalue weighted by Gasteiger charge is 2.42. The minimum atomic E-state index is -0.327. The van der Waals surface area contributed by atoms with Crippen LogP contribution in [0.2, 0.25) is 0 Å². The summed E-state index contributed by atoms with van der Waals surface area (Å²) >= 11 is 0. The number of benzene rings is 2. The van der Waals surface area contributed by atoms with Gasteiger partial charge in [0.2, 0.25) is 0 Å². The number of methoxy groups -OCH3 is 1. The molecule has 1 unspecified atom stereocenters. The molecule has 0 saturated carbocycles. The number of aromatic amines is 1. The molecule has 1 amide bonds. The quantitative estimate of drug-likeness (QED) is 0.484. The SMILES string of the molecule is COc1ccc(C2c3c(-c4c(C)cc(C)cc4O)n[nH]c3C(=O)N2CCCOC(C)C)cc1. The number of fused-ring (bicyclic) bond motifs is 1. The maximum atomic E-state index is 13.4. The van der Waals surface area contributed by atoms with Crippen molar-refractivity contribution in [3.63, 3.8) is 0 Å². The number of aryl methyl sites for hydroxylation is 2. The van der Waals surface area contributed by atoms with Gasteiger partial charge in [0.1, 0.15) is 22.9 Å². The maximum Gasteiger partial charge on any atom is 0.273 e. The lowest BCUT2D eigenvalue weighted by atomic mass is 9.93. The van der Waals surface area contributed by atoms with Gasteiger partial charge in [0, 0.05) is 24.3 Å². The third kappa shape index (κ3) is 4.33.